The second kappa shape index (κ2) is 5.51. The van der Waals surface area contributed by atoms with E-state index >= 15 is 0 Å². The number of allylic oxidation sites excluding steroid dienone is 1. The zero-order valence-corrected chi connectivity index (χ0v) is 11.8. The fourth-order valence-electron chi connectivity index (χ4n) is 2.46. The number of phenols is 1. The van der Waals surface area contributed by atoms with E-state index in [9.17, 15) is 20.3 Å². The minimum absolute atomic E-state index is 0.0545. The SMILES string of the molecule is N#CC1=C(N)Oc2c(oc(CO)cc2=O)C1c1ccc(O)cc1. The summed E-state index contributed by atoms with van der Waals surface area (Å²) >= 11 is 0. The summed E-state index contributed by atoms with van der Waals surface area (Å²) in [6.07, 6.45) is 0. The van der Waals surface area contributed by atoms with Crippen LogP contribution >= 0.6 is 0 Å². The number of fused-ring (bicyclic) bond motifs is 1. The summed E-state index contributed by atoms with van der Waals surface area (Å²) in [5, 5.41) is 28.0. The molecular weight excluding hydrogens is 300 g/mol. The first-order valence-electron chi connectivity index (χ1n) is 6.69. The summed E-state index contributed by atoms with van der Waals surface area (Å²) < 4.78 is 10.8. The van der Waals surface area contributed by atoms with Crippen molar-refractivity contribution in [3.05, 3.63) is 69.1 Å². The predicted octanol–water partition coefficient (Wildman–Crippen LogP) is 1.06. The molecule has 0 saturated heterocycles. The van der Waals surface area contributed by atoms with Gasteiger partial charge >= 0.3 is 0 Å². The van der Waals surface area contributed by atoms with E-state index in [1.54, 1.807) is 12.1 Å². The fourth-order valence-corrected chi connectivity index (χ4v) is 2.46. The molecule has 0 aliphatic carbocycles. The highest BCUT2D eigenvalue weighted by Gasteiger charge is 2.35. The number of aromatic hydroxyl groups is 1. The Balaban J connectivity index is 2.28. The summed E-state index contributed by atoms with van der Waals surface area (Å²) in [5.74, 6) is -0.846. The van der Waals surface area contributed by atoms with Crippen molar-refractivity contribution in [3.8, 4) is 17.6 Å². The van der Waals surface area contributed by atoms with Gasteiger partial charge in [-0.1, -0.05) is 12.1 Å². The lowest BCUT2D eigenvalue weighted by Gasteiger charge is -2.24. The Kier molecular flexibility index (Phi) is 3.52. The third-order valence-electron chi connectivity index (χ3n) is 3.51. The van der Waals surface area contributed by atoms with Crippen LogP contribution < -0.4 is 15.9 Å². The van der Waals surface area contributed by atoms with Crippen LogP contribution in [0.2, 0.25) is 0 Å². The van der Waals surface area contributed by atoms with Gasteiger partial charge in [-0.05, 0) is 17.7 Å². The van der Waals surface area contributed by atoms with Crippen molar-refractivity contribution >= 4 is 0 Å². The van der Waals surface area contributed by atoms with Crippen molar-refractivity contribution in [1.82, 2.24) is 0 Å². The summed E-state index contributed by atoms with van der Waals surface area (Å²) in [4.78, 5) is 12.1. The average Bonchev–Trinajstić information content (AvgIpc) is 2.55. The number of aliphatic hydroxyl groups excluding tert-OH is 1. The largest absolute Gasteiger partial charge is 0.508 e. The van der Waals surface area contributed by atoms with Crippen LogP contribution in [0.4, 0.5) is 0 Å². The number of rotatable bonds is 2. The van der Waals surface area contributed by atoms with Crippen LogP contribution in [-0.4, -0.2) is 10.2 Å². The molecule has 0 radical (unpaired) electrons. The molecule has 2 heterocycles. The number of ether oxygens (including phenoxy) is 1. The number of nitriles is 1. The van der Waals surface area contributed by atoms with Gasteiger partial charge in [0.1, 0.15) is 29.8 Å². The highest BCUT2D eigenvalue weighted by molar-refractivity contribution is 5.52. The summed E-state index contributed by atoms with van der Waals surface area (Å²) in [7, 11) is 0. The smallest absolute Gasteiger partial charge is 0.228 e. The van der Waals surface area contributed by atoms with Crippen molar-refractivity contribution in [2.45, 2.75) is 12.5 Å². The highest BCUT2D eigenvalue weighted by atomic mass is 16.5. The minimum Gasteiger partial charge on any atom is -0.508 e. The number of nitrogens with zero attached hydrogens (tertiary/aromatic N) is 1. The second-order valence-electron chi connectivity index (χ2n) is 4.94. The van der Waals surface area contributed by atoms with E-state index in [0.29, 0.717) is 5.56 Å². The van der Waals surface area contributed by atoms with Crippen LogP contribution in [-0.2, 0) is 6.61 Å². The number of hydrogen-bond acceptors (Lipinski definition) is 7. The molecule has 2 aromatic rings. The molecule has 0 fully saturated rings. The monoisotopic (exact) mass is 312 g/mol. The molecule has 0 amide bonds. The van der Waals surface area contributed by atoms with Crippen LogP contribution in [0.3, 0.4) is 0 Å². The first-order valence-corrected chi connectivity index (χ1v) is 6.69. The van der Waals surface area contributed by atoms with Gasteiger partial charge < -0.3 is 25.1 Å². The maximum absolute atomic E-state index is 12.1. The van der Waals surface area contributed by atoms with Gasteiger partial charge in [0.2, 0.25) is 17.1 Å². The van der Waals surface area contributed by atoms with Gasteiger partial charge in [-0.15, -0.1) is 0 Å². The van der Waals surface area contributed by atoms with E-state index in [4.69, 9.17) is 14.9 Å². The Morgan fingerprint density at radius 2 is 2.00 bits per heavy atom. The topological polar surface area (TPSA) is 130 Å². The maximum Gasteiger partial charge on any atom is 0.228 e. The molecule has 4 N–H and O–H groups in total. The molecule has 3 rings (SSSR count). The van der Waals surface area contributed by atoms with Gasteiger partial charge in [0.25, 0.3) is 0 Å². The molecule has 7 heteroatoms. The van der Waals surface area contributed by atoms with Crippen molar-refractivity contribution in [1.29, 1.82) is 5.26 Å². The number of benzene rings is 1. The first-order chi connectivity index (χ1) is 11.0. The summed E-state index contributed by atoms with van der Waals surface area (Å²) in [5.41, 5.74) is 5.93. The molecule has 116 valence electrons. The Morgan fingerprint density at radius 1 is 1.30 bits per heavy atom. The Hall–Kier alpha value is -3.24. The molecule has 7 nitrogen and oxygen atoms in total. The van der Waals surface area contributed by atoms with Crippen LogP contribution in [0.15, 0.2) is 51.0 Å². The Bertz CT molecular complexity index is 890. The van der Waals surface area contributed by atoms with Crippen LogP contribution in [0.1, 0.15) is 23.0 Å². The summed E-state index contributed by atoms with van der Waals surface area (Å²) in [6, 6.07) is 9.14. The third kappa shape index (κ3) is 2.41. The molecule has 1 aromatic heterocycles. The molecule has 1 atom stereocenters. The molecular formula is C16H12N2O5. The molecule has 1 aliphatic rings. The first kappa shape index (κ1) is 14.7. The summed E-state index contributed by atoms with van der Waals surface area (Å²) in [6.45, 7) is -0.466. The van der Waals surface area contributed by atoms with E-state index in [0.717, 1.165) is 6.07 Å². The highest BCUT2D eigenvalue weighted by Crippen LogP contribution is 2.41. The van der Waals surface area contributed by atoms with Gasteiger partial charge in [0.15, 0.2) is 5.76 Å². The van der Waals surface area contributed by atoms with Gasteiger partial charge in [0.05, 0.1) is 5.92 Å². The number of phenolic OH excluding ortho intramolecular Hbond substituents is 1. The third-order valence-corrected chi connectivity index (χ3v) is 3.51. The standard InChI is InChI=1S/C16H12N2O5/c17-6-11-13(8-1-3-9(20)4-2-8)15-14(23-16(11)18)12(21)5-10(7-19)22-15/h1-5,13,19-20H,7,18H2. The lowest BCUT2D eigenvalue weighted by atomic mass is 9.87. The number of aliphatic hydroxyl groups is 1. The van der Waals surface area contributed by atoms with E-state index in [-0.39, 0.29) is 34.5 Å². The zero-order chi connectivity index (χ0) is 16.6. The number of nitrogens with two attached hydrogens (primary N) is 1. The normalized spacial score (nSPS) is 16.4. The molecule has 1 aromatic carbocycles. The van der Waals surface area contributed by atoms with Crippen LogP contribution in [0.25, 0.3) is 0 Å². The maximum atomic E-state index is 12.1. The predicted molar refractivity (Wildman–Crippen MR) is 78.3 cm³/mol. The lowest BCUT2D eigenvalue weighted by molar-refractivity contribution is 0.231. The van der Waals surface area contributed by atoms with Gasteiger partial charge in [-0.3, -0.25) is 4.79 Å². The van der Waals surface area contributed by atoms with Crippen LogP contribution in [0, 0.1) is 11.3 Å². The van der Waals surface area contributed by atoms with Crippen molar-refractivity contribution in [2.24, 2.45) is 5.73 Å². The minimum atomic E-state index is -0.761. The molecule has 0 bridgehead atoms. The van der Waals surface area contributed by atoms with Gasteiger partial charge in [0, 0.05) is 6.07 Å². The Morgan fingerprint density at radius 3 is 2.61 bits per heavy atom. The van der Waals surface area contributed by atoms with Gasteiger partial charge in [-0.25, -0.2) is 0 Å². The van der Waals surface area contributed by atoms with Gasteiger partial charge in [-0.2, -0.15) is 5.26 Å². The fraction of sp³-hybridized carbons (Fsp3) is 0.125. The van der Waals surface area contributed by atoms with Crippen LogP contribution in [0.5, 0.6) is 11.5 Å². The zero-order valence-electron chi connectivity index (χ0n) is 11.8. The molecule has 23 heavy (non-hydrogen) atoms. The average molecular weight is 312 g/mol. The van der Waals surface area contributed by atoms with Crippen molar-refractivity contribution < 1.29 is 19.4 Å². The quantitative estimate of drug-likeness (QED) is 0.755. The van der Waals surface area contributed by atoms with Crippen molar-refractivity contribution in [3.63, 3.8) is 0 Å². The van der Waals surface area contributed by atoms with E-state index < -0.39 is 18.0 Å². The molecule has 0 saturated carbocycles. The molecule has 1 unspecified atom stereocenters. The van der Waals surface area contributed by atoms with E-state index in [1.165, 1.54) is 12.1 Å². The Labute approximate surface area is 130 Å². The molecule has 0 spiro atoms. The van der Waals surface area contributed by atoms with E-state index in [1.807, 2.05) is 6.07 Å². The second-order valence-corrected chi connectivity index (χ2v) is 4.94. The van der Waals surface area contributed by atoms with E-state index in [2.05, 4.69) is 0 Å². The van der Waals surface area contributed by atoms with Crippen molar-refractivity contribution in [2.75, 3.05) is 0 Å². The molecule has 1 aliphatic heterocycles. The number of hydrogen-bond donors (Lipinski definition) is 3. The lowest BCUT2D eigenvalue weighted by Crippen LogP contribution is -2.25.